The van der Waals surface area contributed by atoms with Crippen molar-refractivity contribution in [2.24, 2.45) is 0 Å². The summed E-state index contributed by atoms with van der Waals surface area (Å²) < 4.78 is 7.05. The minimum atomic E-state index is 0.850. The van der Waals surface area contributed by atoms with Crippen molar-refractivity contribution in [1.29, 1.82) is 0 Å². The van der Waals surface area contributed by atoms with Crippen molar-refractivity contribution < 1.29 is 4.42 Å². The standard InChI is InChI=1S/C58H37NO/c1-3-13-38(14-4-1)40-23-25-42(26-24-40)57-47-18-8-7-17-43(47)35-55-53-34-32-46(37-56(53)60-58(55)57)59(44-29-27-41(28-30-44)39-15-5-2-6-16-39)45-31-33-52-50-21-10-9-19-48(50)49-20-11-12-22-51(49)54(52)36-45/h1-37H. The summed E-state index contributed by atoms with van der Waals surface area (Å²) in [5.41, 5.74) is 11.9. The molecule has 0 saturated heterocycles. The molecule has 0 N–H and O–H groups in total. The Hall–Kier alpha value is -7.94. The Morgan fingerprint density at radius 3 is 1.32 bits per heavy atom. The Balaban J connectivity index is 1.06. The average molecular weight is 764 g/mol. The predicted octanol–water partition coefficient (Wildman–Crippen LogP) is 16.7. The van der Waals surface area contributed by atoms with Gasteiger partial charge in [-0.15, -0.1) is 0 Å². The van der Waals surface area contributed by atoms with Crippen LogP contribution in [0.1, 0.15) is 0 Å². The molecule has 0 fully saturated rings. The molecular formula is C58H37NO. The second-order valence-corrected chi connectivity index (χ2v) is 15.6. The van der Waals surface area contributed by atoms with E-state index in [0.717, 1.165) is 50.1 Å². The minimum absolute atomic E-state index is 0.850. The van der Waals surface area contributed by atoms with Crippen LogP contribution in [0.5, 0.6) is 0 Å². The van der Waals surface area contributed by atoms with Crippen molar-refractivity contribution in [2.75, 3.05) is 4.90 Å². The number of hydrogen-bond donors (Lipinski definition) is 0. The summed E-state index contributed by atoms with van der Waals surface area (Å²) in [5, 5.41) is 12.1. The van der Waals surface area contributed by atoms with Gasteiger partial charge in [0.2, 0.25) is 0 Å². The third-order valence-electron chi connectivity index (χ3n) is 12.2. The Bertz CT molecular complexity index is 3530. The van der Waals surface area contributed by atoms with E-state index in [1.165, 1.54) is 65.3 Å². The zero-order valence-corrected chi connectivity index (χ0v) is 32.7. The zero-order valence-electron chi connectivity index (χ0n) is 32.7. The summed E-state index contributed by atoms with van der Waals surface area (Å²) in [7, 11) is 0. The third-order valence-corrected chi connectivity index (χ3v) is 12.2. The molecule has 0 amide bonds. The highest BCUT2D eigenvalue weighted by molar-refractivity contribution is 6.26. The molecule has 0 radical (unpaired) electrons. The molecule has 0 spiro atoms. The van der Waals surface area contributed by atoms with Crippen LogP contribution in [-0.4, -0.2) is 0 Å². The number of anilines is 3. The summed E-state index contributed by atoms with van der Waals surface area (Å²) in [6.07, 6.45) is 0. The Morgan fingerprint density at radius 1 is 0.267 bits per heavy atom. The van der Waals surface area contributed by atoms with E-state index in [0.29, 0.717) is 0 Å². The molecule has 2 nitrogen and oxygen atoms in total. The number of nitrogens with zero attached hydrogens (tertiary/aromatic N) is 1. The summed E-state index contributed by atoms with van der Waals surface area (Å²) in [6.45, 7) is 0. The monoisotopic (exact) mass is 763 g/mol. The van der Waals surface area contributed by atoms with Gasteiger partial charge in [-0.3, -0.25) is 0 Å². The lowest BCUT2D eigenvalue weighted by molar-refractivity contribution is 0.670. The Labute approximate surface area is 347 Å². The number of fused-ring (bicyclic) bond motifs is 10. The van der Waals surface area contributed by atoms with E-state index < -0.39 is 0 Å². The fourth-order valence-corrected chi connectivity index (χ4v) is 9.36. The van der Waals surface area contributed by atoms with E-state index in [1.54, 1.807) is 0 Å². The maximum Gasteiger partial charge on any atom is 0.143 e. The van der Waals surface area contributed by atoms with Gasteiger partial charge in [0.05, 0.1) is 0 Å². The average Bonchev–Trinajstić information content (AvgIpc) is 3.69. The van der Waals surface area contributed by atoms with Gasteiger partial charge in [-0.05, 0) is 113 Å². The lowest BCUT2D eigenvalue weighted by Crippen LogP contribution is -2.09. The first-order valence-corrected chi connectivity index (χ1v) is 20.6. The first kappa shape index (κ1) is 34.1. The van der Waals surface area contributed by atoms with Gasteiger partial charge in [0.15, 0.2) is 0 Å². The van der Waals surface area contributed by atoms with Gasteiger partial charge in [0.25, 0.3) is 0 Å². The van der Waals surface area contributed by atoms with E-state index in [1.807, 2.05) is 0 Å². The van der Waals surface area contributed by atoms with Crippen molar-refractivity contribution in [2.45, 2.75) is 0 Å². The normalized spacial score (nSPS) is 11.7. The molecule has 60 heavy (non-hydrogen) atoms. The molecule has 0 bridgehead atoms. The molecule has 2 heteroatoms. The van der Waals surface area contributed by atoms with Crippen LogP contribution >= 0.6 is 0 Å². The van der Waals surface area contributed by atoms with Gasteiger partial charge < -0.3 is 9.32 Å². The maximum atomic E-state index is 7.05. The van der Waals surface area contributed by atoms with E-state index in [2.05, 4.69) is 229 Å². The van der Waals surface area contributed by atoms with E-state index >= 15 is 0 Å². The molecule has 0 aliphatic rings. The van der Waals surface area contributed by atoms with Crippen molar-refractivity contribution in [3.8, 4) is 33.4 Å². The first-order valence-electron chi connectivity index (χ1n) is 20.6. The van der Waals surface area contributed by atoms with Crippen molar-refractivity contribution in [3.63, 3.8) is 0 Å². The van der Waals surface area contributed by atoms with Gasteiger partial charge in [-0.1, -0.05) is 176 Å². The molecular weight excluding hydrogens is 727 g/mol. The minimum Gasteiger partial charge on any atom is -0.455 e. The van der Waals surface area contributed by atoms with Crippen LogP contribution in [0, 0.1) is 0 Å². The highest BCUT2D eigenvalue weighted by Gasteiger charge is 2.20. The quantitative estimate of drug-likeness (QED) is 0.157. The second kappa shape index (κ2) is 13.9. The topological polar surface area (TPSA) is 16.4 Å². The first-order chi connectivity index (χ1) is 29.7. The number of rotatable bonds is 6. The molecule has 12 rings (SSSR count). The molecule has 0 saturated carbocycles. The van der Waals surface area contributed by atoms with E-state index in [-0.39, 0.29) is 0 Å². The highest BCUT2D eigenvalue weighted by atomic mass is 16.3. The third kappa shape index (κ3) is 5.57. The van der Waals surface area contributed by atoms with Crippen molar-refractivity contribution in [1.82, 2.24) is 0 Å². The fraction of sp³-hybridized carbons (Fsp3) is 0. The fourth-order valence-electron chi connectivity index (χ4n) is 9.36. The SMILES string of the molecule is c1ccc(-c2ccc(-c3c4ccccc4cc4c3oc3cc(N(c5ccc(-c6ccccc6)cc5)c5ccc6c7ccccc7c7ccccc7c6c5)ccc34)cc2)cc1. The summed E-state index contributed by atoms with van der Waals surface area (Å²) in [6, 6.07) is 81.1. The number of furan rings is 1. The second-order valence-electron chi connectivity index (χ2n) is 15.6. The van der Waals surface area contributed by atoms with Crippen LogP contribution in [0.3, 0.4) is 0 Å². The van der Waals surface area contributed by atoms with Crippen LogP contribution in [0.25, 0.3) is 98.4 Å². The largest absolute Gasteiger partial charge is 0.455 e. The lowest BCUT2D eigenvalue weighted by atomic mass is 9.93. The smallest absolute Gasteiger partial charge is 0.143 e. The van der Waals surface area contributed by atoms with Crippen LogP contribution in [-0.2, 0) is 0 Å². The van der Waals surface area contributed by atoms with Crippen LogP contribution in [0.4, 0.5) is 17.1 Å². The zero-order chi connectivity index (χ0) is 39.6. The van der Waals surface area contributed by atoms with Gasteiger partial charge in [0.1, 0.15) is 11.2 Å². The van der Waals surface area contributed by atoms with Gasteiger partial charge in [0, 0.05) is 39.5 Å². The van der Waals surface area contributed by atoms with Crippen LogP contribution in [0.15, 0.2) is 229 Å². The van der Waals surface area contributed by atoms with Crippen molar-refractivity contribution in [3.05, 3.63) is 224 Å². The Kier molecular flexibility index (Phi) is 7.89. The summed E-state index contributed by atoms with van der Waals surface area (Å²) >= 11 is 0. The van der Waals surface area contributed by atoms with Crippen LogP contribution < -0.4 is 4.90 Å². The highest BCUT2D eigenvalue weighted by Crippen LogP contribution is 2.45. The Morgan fingerprint density at radius 2 is 0.700 bits per heavy atom. The molecule has 280 valence electrons. The number of benzene rings is 11. The van der Waals surface area contributed by atoms with E-state index in [4.69, 9.17) is 4.42 Å². The molecule has 0 aliphatic heterocycles. The molecule has 1 heterocycles. The molecule has 1 aromatic heterocycles. The van der Waals surface area contributed by atoms with Gasteiger partial charge in [-0.2, -0.15) is 0 Å². The molecule has 11 aromatic carbocycles. The van der Waals surface area contributed by atoms with Gasteiger partial charge >= 0.3 is 0 Å². The maximum absolute atomic E-state index is 7.05. The van der Waals surface area contributed by atoms with Gasteiger partial charge in [-0.25, -0.2) is 0 Å². The predicted molar refractivity (Wildman–Crippen MR) is 255 cm³/mol. The van der Waals surface area contributed by atoms with E-state index in [9.17, 15) is 0 Å². The molecule has 0 aliphatic carbocycles. The lowest BCUT2D eigenvalue weighted by Gasteiger charge is -2.26. The summed E-state index contributed by atoms with van der Waals surface area (Å²) in [5.74, 6) is 0. The summed E-state index contributed by atoms with van der Waals surface area (Å²) in [4.78, 5) is 2.37. The van der Waals surface area contributed by atoms with Crippen molar-refractivity contribution >= 4 is 82.1 Å². The molecule has 0 atom stereocenters. The number of hydrogen-bond acceptors (Lipinski definition) is 2. The van der Waals surface area contributed by atoms with Crippen LogP contribution in [0.2, 0.25) is 0 Å². The molecule has 12 aromatic rings. The molecule has 0 unspecified atom stereocenters.